The van der Waals surface area contributed by atoms with Gasteiger partial charge in [0.1, 0.15) is 23.0 Å². The number of hydrogen-bond donors (Lipinski definition) is 3. The zero-order valence-corrected chi connectivity index (χ0v) is 27.8. The summed E-state index contributed by atoms with van der Waals surface area (Å²) >= 11 is 0. The summed E-state index contributed by atoms with van der Waals surface area (Å²) in [5.74, 6) is 3.02. The van der Waals surface area contributed by atoms with Crippen LogP contribution in [0.3, 0.4) is 0 Å². The van der Waals surface area contributed by atoms with Crippen molar-refractivity contribution in [2.24, 2.45) is 0 Å². The molecule has 0 aliphatic heterocycles. The van der Waals surface area contributed by atoms with Crippen molar-refractivity contribution in [3.05, 3.63) is 80.9 Å². The minimum Gasteiger partial charge on any atom is -0.508 e. The van der Waals surface area contributed by atoms with Gasteiger partial charge in [-0.1, -0.05) is 69.9 Å². The SMILES string of the molecule is COc1cc(O)c(C2CCCCC2)cc1C(Cc1cc(C2CCCCC2)c(O)cc1C)c1cc(C2CCCCC2)c(O)cc1C. The summed E-state index contributed by atoms with van der Waals surface area (Å²) < 4.78 is 6.04. The Balaban J connectivity index is 1.50. The smallest absolute Gasteiger partial charge is 0.126 e. The van der Waals surface area contributed by atoms with Crippen LogP contribution in [0.4, 0.5) is 0 Å². The van der Waals surface area contributed by atoms with Crippen molar-refractivity contribution < 1.29 is 20.1 Å². The van der Waals surface area contributed by atoms with Crippen LogP contribution < -0.4 is 4.74 Å². The molecule has 242 valence electrons. The van der Waals surface area contributed by atoms with Crippen LogP contribution in [-0.4, -0.2) is 22.4 Å². The highest BCUT2D eigenvalue weighted by atomic mass is 16.5. The maximum atomic E-state index is 11.3. The second kappa shape index (κ2) is 14.1. The monoisotopic (exact) mass is 610 g/mol. The normalized spacial score (nSPS) is 19.4. The Morgan fingerprint density at radius 1 is 0.556 bits per heavy atom. The van der Waals surface area contributed by atoms with Crippen LogP contribution in [0.25, 0.3) is 0 Å². The molecule has 3 aliphatic carbocycles. The molecular weight excluding hydrogens is 556 g/mol. The van der Waals surface area contributed by atoms with Crippen molar-refractivity contribution in [3.63, 3.8) is 0 Å². The van der Waals surface area contributed by atoms with Gasteiger partial charge in [-0.15, -0.1) is 0 Å². The van der Waals surface area contributed by atoms with Crippen LogP contribution in [0.5, 0.6) is 23.0 Å². The van der Waals surface area contributed by atoms with E-state index in [1.54, 1.807) is 7.11 Å². The highest BCUT2D eigenvalue weighted by Crippen LogP contribution is 2.47. The topological polar surface area (TPSA) is 69.9 Å². The lowest BCUT2D eigenvalue weighted by Gasteiger charge is -2.30. The predicted molar refractivity (Wildman–Crippen MR) is 183 cm³/mol. The van der Waals surface area contributed by atoms with Crippen molar-refractivity contribution in [1.82, 2.24) is 0 Å². The Morgan fingerprint density at radius 2 is 0.978 bits per heavy atom. The summed E-state index contributed by atoms with van der Waals surface area (Å²) in [6.45, 7) is 4.24. The Bertz CT molecular complexity index is 1470. The number of phenolic OH excluding ortho intramolecular Hbond substituents is 3. The fourth-order valence-corrected chi connectivity index (χ4v) is 8.96. The molecule has 0 saturated heterocycles. The molecule has 3 fully saturated rings. The van der Waals surface area contributed by atoms with Gasteiger partial charge < -0.3 is 20.1 Å². The maximum absolute atomic E-state index is 11.3. The summed E-state index contributed by atoms with van der Waals surface area (Å²) in [5, 5.41) is 33.6. The van der Waals surface area contributed by atoms with E-state index in [1.165, 1.54) is 68.9 Å². The van der Waals surface area contributed by atoms with Gasteiger partial charge >= 0.3 is 0 Å². The lowest BCUT2D eigenvalue weighted by Crippen LogP contribution is -2.14. The van der Waals surface area contributed by atoms with E-state index >= 15 is 0 Å². The molecule has 0 aromatic heterocycles. The van der Waals surface area contributed by atoms with E-state index in [1.807, 2.05) is 18.2 Å². The van der Waals surface area contributed by atoms with Crippen LogP contribution >= 0.6 is 0 Å². The predicted octanol–water partition coefficient (Wildman–Crippen LogP) is 10.9. The zero-order chi connectivity index (χ0) is 31.5. The van der Waals surface area contributed by atoms with Crippen LogP contribution in [0.15, 0.2) is 36.4 Å². The fraction of sp³-hybridized carbons (Fsp3) is 0.561. The third-order valence-corrected chi connectivity index (χ3v) is 11.6. The fourth-order valence-electron chi connectivity index (χ4n) is 8.96. The van der Waals surface area contributed by atoms with Gasteiger partial charge in [-0.3, -0.25) is 0 Å². The van der Waals surface area contributed by atoms with E-state index in [0.717, 1.165) is 78.3 Å². The lowest BCUT2D eigenvalue weighted by molar-refractivity contribution is 0.390. The molecule has 6 rings (SSSR count). The van der Waals surface area contributed by atoms with Gasteiger partial charge in [0.15, 0.2) is 0 Å². The quantitative estimate of drug-likeness (QED) is 0.237. The van der Waals surface area contributed by atoms with E-state index < -0.39 is 0 Å². The second-order valence-corrected chi connectivity index (χ2v) is 14.5. The van der Waals surface area contributed by atoms with Gasteiger partial charge in [-0.25, -0.2) is 0 Å². The molecule has 3 aliphatic rings. The third kappa shape index (κ3) is 6.86. The van der Waals surface area contributed by atoms with Crippen molar-refractivity contribution >= 4 is 0 Å². The van der Waals surface area contributed by atoms with E-state index in [-0.39, 0.29) is 5.92 Å². The van der Waals surface area contributed by atoms with E-state index in [4.69, 9.17) is 4.74 Å². The first-order chi connectivity index (χ1) is 21.8. The third-order valence-electron chi connectivity index (χ3n) is 11.6. The number of ether oxygens (including phenoxy) is 1. The highest BCUT2D eigenvalue weighted by molar-refractivity contribution is 5.56. The number of phenols is 3. The molecule has 0 spiro atoms. The van der Waals surface area contributed by atoms with Gasteiger partial charge in [0, 0.05) is 17.5 Å². The standard InChI is InChI=1S/C41H54O4/c1-26-19-38(42)33(28-13-7-4-8-14-28)21-31(26)22-36(32-23-34(39(43)20-27(32)2)29-15-9-5-10-16-29)37-24-35(30-17-11-6-12-18-30)40(44)25-41(37)45-3/h19-21,23-25,28-30,36,42-44H,4-18,22H2,1-3H3. The number of aryl methyl sites for hydroxylation is 2. The molecular formula is C41H54O4. The molecule has 3 aromatic rings. The highest BCUT2D eigenvalue weighted by Gasteiger charge is 2.29. The molecule has 0 heterocycles. The molecule has 0 radical (unpaired) electrons. The lowest BCUT2D eigenvalue weighted by atomic mass is 9.76. The van der Waals surface area contributed by atoms with Crippen molar-refractivity contribution in [2.75, 3.05) is 7.11 Å². The number of rotatable bonds is 8. The van der Waals surface area contributed by atoms with Gasteiger partial charge in [0.25, 0.3) is 0 Å². The molecule has 0 bridgehead atoms. The Labute approximate surface area is 270 Å². The number of benzene rings is 3. The van der Waals surface area contributed by atoms with E-state index in [2.05, 4.69) is 32.0 Å². The second-order valence-electron chi connectivity index (χ2n) is 14.5. The first-order valence-electron chi connectivity index (χ1n) is 17.9. The Kier molecular flexibility index (Phi) is 9.97. The van der Waals surface area contributed by atoms with Gasteiger partial charge in [0.2, 0.25) is 0 Å². The van der Waals surface area contributed by atoms with Crippen molar-refractivity contribution in [3.8, 4) is 23.0 Å². The van der Waals surface area contributed by atoms with Crippen LogP contribution in [0.2, 0.25) is 0 Å². The zero-order valence-electron chi connectivity index (χ0n) is 27.8. The summed E-state index contributed by atoms with van der Waals surface area (Å²) in [4.78, 5) is 0. The summed E-state index contributed by atoms with van der Waals surface area (Å²) in [6.07, 6.45) is 18.6. The largest absolute Gasteiger partial charge is 0.508 e. The molecule has 4 heteroatoms. The molecule has 4 nitrogen and oxygen atoms in total. The van der Waals surface area contributed by atoms with Crippen molar-refractivity contribution in [1.29, 1.82) is 0 Å². The van der Waals surface area contributed by atoms with Crippen molar-refractivity contribution in [2.45, 2.75) is 140 Å². The number of hydrogen-bond acceptors (Lipinski definition) is 4. The van der Waals surface area contributed by atoms with Crippen LogP contribution in [0, 0.1) is 13.8 Å². The summed E-state index contributed by atoms with van der Waals surface area (Å²) in [7, 11) is 1.71. The molecule has 3 N–H and O–H groups in total. The average molecular weight is 611 g/mol. The minimum absolute atomic E-state index is 0.0340. The first-order valence-corrected chi connectivity index (χ1v) is 17.9. The summed E-state index contributed by atoms with van der Waals surface area (Å²) in [6, 6.07) is 12.7. The molecule has 45 heavy (non-hydrogen) atoms. The summed E-state index contributed by atoms with van der Waals surface area (Å²) in [5.41, 5.74) is 8.98. The molecule has 3 saturated carbocycles. The van der Waals surface area contributed by atoms with Gasteiger partial charge in [-0.2, -0.15) is 0 Å². The average Bonchev–Trinajstić information content (AvgIpc) is 3.06. The van der Waals surface area contributed by atoms with Crippen LogP contribution in [-0.2, 0) is 6.42 Å². The number of methoxy groups -OCH3 is 1. The molecule has 1 unspecified atom stereocenters. The molecule has 0 amide bonds. The van der Waals surface area contributed by atoms with Gasteiger partial charge in [0.05, 0.1) is 7.11 Å². The number of aromatic hydroxyl groups is 3. The van der Waals surface area contributed by atoms with E-state index in [9.17, 15) is 15.3 Å². The first kappa shape index (κ1) is 31.8. The van der Waals surface area contributed by atoms with Crippen LogP contribution in [0.1, 0.15) is 164 Å². The maximum Gasteiger partial charge on any atom is 0.126 e. The minimum atomic E-state index is -0.0340. The Hall–Kier alpha value is -3.14. The Morgan fingerprint density at radius 3 is 1.47 bits per heavy atom. The van der Waals surface area contributed by atoms with E-state index in [0.29, 0.717) is 40.8 Å². The molecule has 3 aromatic carbocycles. The van der Waals surface area contributed by atoms with Gasteiger partial charge in [-0.05, 0) is 134 Å². The molecule has 1 atom stereocenters.